The third kappa shape index (κ3) is 2.55. The number of oxime groups is 1. The molecule has 0 aromatic heterocycles. The Morgan fingerprint density at radius 2 is 1.71 bits per heavy atom. The van der Waals surface area contributed by atoms with E-state index >= 15 is 0 Å². The Bertz CT molecular complexity index is 1150. The van der Waals surface area contributed by atoms with Gasteiger partial charge in [-0.2, -0.15) is 0 Å². The first kappa shape index (κ1) is 19.1. The lowest BCUT2D eigenvalue weighted by molar-refractivity contribution is -0.125. The Labute approximate surface area is 188 Å². The highest BCUT2D eigenvalue weighted by Gasteiger charge is 2.70. The van der Waals surface area contributed by atoms with E-state index in [0.717, 1.165) is 17.7 Å². The van der Waals surface area contributed by atoms with Crippen molar-refractivity contribution >= 4 is 46.4 Å². The maximum Gasteiger partial charge on any atom is 0.238 e. The number of carbonyl (C=O) groups excluding carboxylic acids is 2. The molecule has 2 aliphatic carbocycles. The molecule has 1 saturated heterocycles. The van der Waals surface area contributed by atoms with E-state index in [1.54, 1.807) is 43.5 Å². The van der Waals surface area contributed by atoms with Crippen LogP contribution in [0.3, 0.4) is 0 Å². The first-order valence-electron chi connectivity index (χ1n) is 10.2. The minimum Gasteiger partial charge on any atom is -0.497 e. The van der Waals surface area contributed by atoms with Gasteiger partial charge in [-0.15, -0.1) is 0 Å². The number of halogens is 2. The number of carbonyl (C=O) groups is 2. The quantitative estimate of drug-likeness (QED) is 0.649. The van der Waals surface area contributed by atoms with Crippen LogP contribution in [0.5, 0.6) is 5.75 Å². The van der Waals surface area contributed by atoms with Crippen LogP contribution in [0.15, 0.2) is 47.6 Å². The van der Waals surface area contributed by atoms with Crippen molar-refractivity contribution in [1.29, 1.82) is 0 Å². The Hall–Kier alpha value is -2.57. The molecule has 2 saturated carbocycles. The number of fused-ring (bicyclic) bond motifs is 8. The average molecular weight is 457 g/mol. The lowest BCUT2D eigenvalue weighted by atomic mass is 9.71. The smallest absolute Gasteiger partial charge is 0.238 e. The second-order valence-corrected chi connectivity index (χ2v) is 9.37. The highest BCUT2D eigenvalue weighted by molar-refractivity contribution is 6.37. The second-order valence-electron chi connectivity index (χ2n) is 8.52. The topological polar surface area (TPSA) is 68.2 Å². The molecule has 158 valence electrons. The first-order chi connectivity index (χ1) is 15.0. The maximum atomic E-state index is 13.4. The van der Waals surface area contributed by atoms with Gasteiger partial charge in [0.05, 0.1) is 35.4 Å². The van der Waals surface area contributed by atoms with E-state index < -0.39 is 0 Å². The van der Waals surface area contributed by atoms with E-state index in [1.807, 2.05) is 6.07 Å². The fraction of sp³-hybridized carbons (Fsp3) is 0.348. The van der Waals surface area contributed by atoms with Gasteiger partial charge in [-0.1, -0.05) is 34.4 Å². The Morgan fingerprint density at radius 1 is 1.00 bits per heavy atom. The van der Waals surface area contributed by atoms with Crippen LogP contribution in [0.4, 0.5) is 5.69 Å². The fourth-order valence-corrected chi connectivity index (χ4v) is 6.54. The van der Waals surface area contributed by atoms with E-state index in [1.165, 1.54) is 4.90 Å². The van der Waals surface area contributed by atoms with Gasteiger partial charge in [-0.25, -0.2) is 0 Å². The summed E-state index contributed by atoms with van der Waals surface area (Å²) in [6, 6.07) is 12.3. The van der Waals surface area contributed by atoms with Crippen LogP contribution in [-0.4, -0.2) is 30.7 Å². The zero-order valence-electron chi connectivity index (χ0n) is 16.5. The molecule has 8 heteroatoms. The molecular formula is C23H18Cl2N2O4. The number of methoxy groups -OCH3 is 1. The van der Waals surface area contributed by atoms with Gasteiger partial charge >= 0.3 is 0 Å². The molecular weight excluding hydrogens is 439 g/mol. The number of nitrogens with zero attached hydrogens (tertiary/aromatic N) is 2. The first-order valence-corrected chi connectivity index (χ1v) is 11.0. The molecule has 0 spiro atoms. The van der Waals surface area contributed by atoms with Gasteiger partial charge in [0.25, 0.3) is 0 Å². The minimum atomic E-state index is -0.365. The standard InChI is InChI=1S/C23H18Cl2N2O4/c1-30-12-5-3-11(4-6-12)27-22(28)17-14-9-15(18(17)23(27)29)21-19(14)20(26-31-21)13-7-2-10(24)8-16(13)25/h2-8,14-15,17-19,21H,9H2,1H3/t14-,15-,17+,18-,19-,21+/m1/s1. The molecule has 2 heterocycles. The third-order valence-electron chi connectivity index (χ3n) is 7.23. The SMILES string of the molecule is COc1ccc(N2C(=O)[C@@H]3[C@H]4C[C@@H]([C@@H]5C(c6ccc(Cl)cc6Cl)=NO[C@@H]45)[C@@H]3C2=O)cc1. The number of hydrogen-bond acceptors (Lipinski definition) is 5. The van der Waals surface area contributed by atoms with Crippen molar-refractivity contribution < 1.29 is 19.2 Å². The molecule has 6 nitrogen and oxygen atoms in total. The van der Waals surface area contributed by atoms with Crippen LogP contribution >= 0.6 is 23.2 Å². The van der Waals surface area contributed by atoms with Crippen molar-refractivity contribution in [1.82, 2.24) is 0 Å². The van der Waals surface area contributed by atoms with Crippen molar-refractivity contribution in [3.05, 3.63) is 58.1 Å². The summed E-state index contributed by atoms with van der Waals surface area (Å²) in [6.45, 7) is 0. The molecule has 3 fully saturated rings. The van der Waals surface area contributed by atoms with Gasteiger partial charge in [0.2, 0.25) is 11.8 Å². The van der Waals surface area contributed by atoms with Gasteiger partial charge in [0.15, 0.2) is 0 Å². The highest BCUT2D eigenvalue weighted by Crippen LogP contribution is 2.62. The van der Waals surface area contributed by atoms with Crippen LogP contribution in [0.25, 0.3) is 0 Å². The summed E-state index contributed by atoms with van der Waals surface area (Å²) in [4.78, 5) is 33.9. The second kappa shape index (κ2) is 6.71. The van der Waals surface area contributed by atoms with Gasteiger partial charge in [0.1, 0.15) is 11.9 Å². The third-order valence-corrected chi connectivity index (χ3v) is 7.78. The molecule has 2 aromatic rings. The lowest BCUT2D eigenvalue weighted by Crippen LogP contribution is -2.41. The zero-order valence-corrected chi connectivity index (χ0v) is 18.0. The molecule has 2 bridgehead atoms. The Balaban J connectivity index is 1.34. The van der Waals surface area contributed by atoms with E-state index in [0.29, 0.717) is 21.5 Å². The largest absolute Gasteiger partial charge is 0.497 e. The summed E-state index contributed by atoms with van der Waals surface area (Å²) in [5.74, 6) is -0.439. The Kier molecular flexibility index (Phi) is 4.14. The molecule has 4 aliphatic rings. The summed E-state index contributed by atoms with van der Waals surface area (Å²) in [5.41, 5.74) is 2.09. The zero-order chi connectivity index (χ0) is 21.4. The van der Waals surface area contributed by atoms with E-state index in [4.69, 9.17) is 32.8 Å². The van der Waals surface area contributed by atoms with E-state index in [9.17, 15) is 9.59 Å². The number of ether oxygens (including phenoxy) is 1. The number of amides is 2. The molecule has 6 rings (SSSR count). The molecule has 6 atom stereocenters. The molecule has 2 aliphatic heterocycles. The van der Waals surface area contributed by atoms with Crippen LogP contribution < -0.4 is 9.64 Å². The van der Waals surface area contributed by atoms with Gasteiger partial charge < -0.3 is 9.57 Å². The molecule has 2 aromatic carbocycles. The normalized spacial score (nSPS) is 32.7. The minimum absolute atomic E-state index is 0.00677. The summed E-state index contributed by atoms with van der Waals surface area (Å²) in [6.07, 6.45) is 0.573. The number of anilines is 1. The summed E-state index contributed by atoms with van der Waals surface area (Å²) < 4.78 is 5.19. The monoisotopic (exact) mass is 456 g/mol. The molecule has 0 radical (unpaired) electrons. The van der Waals surface area contributed by atoms with Crippen molar-refractivity contribution in [2.75, 3.05) is 12.0 Å². The van der Waals surface area contributed by atoms with Crippen LogP contribution in [-0.2, 0) is 14.4 Å². The highest BCUT2D eigenvalue weighted by atomic mass is 35.5. The molecule has 31 heavy (non-hydrogen) atoms. The van der Waals surface area contributed by atoms with Gasteiger partial charge in [0, 0.05) is 22.4 Å². The number of hydrogen-bond donors (Lipinski definition) is 0. The Morgan fingerprint density at radius 3 is 2.39 bits per heavy atom. The average Bonchev–Trinajstić information content (AvgIpc) is 3.49. The van der Waals surface area contributed by atoms with Gasteiger partial charge in [-0.3, -0.25) is 14.5 Å². The van der Waals surface area contributed by atoms with Gasteiger partial charge in [-0.05, 0) is 48.7 Å². The predicted octanol–water partition coefficient (Wildman–Crippen LogP) is 4.18. The number of benzene rings is 2. The van der Waals surface area contributed by atoms with E-state index in [-0.39, 0.29) is 47.5 Å². The van der Waals surface area contributed by atoms with Crippen molar-refractivity contribution in [3.8, 4) is 5.75 Å². The molecule has 0 unspecified atom stereocenters. The lowest BCUT2D eigenvalue weighted by Gasteiger charge is -2.30. The molecule has 2 amide bonds. The van der Waals surface area contributed by atoms with Crippen molar-refractivity contribution in [2.24, 2.45) is 34.7 Å². The van der Waals surface area contributed by atoms with Crippen molar-refractivity contribution in [2.45, 2.75) is 12.5 Å². The summed E-state index contributed by atoms with van der Waals surface area (Å²) in [7, 11) is 1.58. The van der Waals surface area contributed by atoms with E-state index in [2.05, 4.69) is 5.16 Å². The number of imide groups is 1. The summed E-state index contributed by atoms with van der Waals surface area (Å²) >= 11 is 12.5. The van der Waals surface area contributed by atoms with Crippen LogP contribution in [0, 0.1) is 29.6 Å². The fourth-order valence-electron chi connectivity index (χ4n) is 6.03. The van der Waals surface area contributed by atoms with Crippen LogP contribution in [0.2, 0.25) is 10.0 Å². The molecule has 0 N–H and O–H groups in total. The number of rotatable bonds is 3. The van der Waals surface area contributed by atoms with Crippen LogP contribution in [0.1, 0.15) is 12.0 Å². The van der Waals surface area contributed by atoms with Crippen molar-refractivity contribution in [3.63, 3.8) is 0 Å². The maximum absolute atomic E-state index is 13.4. The predicted molar refractivity (Wildman–Crippen MR) is 115 cm³/mol. The summed E-state index contributed by atoms with van der Waals surface area (Å²) in [5, 5.41) is 5.38.